The number of aromatic nitrogens is 2. The number of rotatable bonds is 4. The van der Waals surface area contributed by atoms with Crippen LogP contribution in [0.15, 0.2) is 12.4 Å². The van der Waals surface area contributed by atoms with Gasteiger partial charge in [0, 0.05) is 13.1 Å². The summed E-state index contributed by atoms with van der Waals surface area (Å²) in [6.45, 7) is 6.39. The average molecular weight is 255 g/mol. The Kier molecular flexibility index (Phi) is 4.57. The molecule has 0 bridgehead atoms. The van der Waals surface area contributed by atoms with Crippen LogP contribution < -0.4 is 10.2 Å². The summed E-state index contributed by atoms with van der Waals surface area (Å²) < 4.78 is 0. The molecule has 1 saturated heterocycles. The third-order valence-electron chi connectivity index (χ3n) is 3.24. The molecule has 0 saturated carbocycles. The highest BCUT2D eigenvalue weighted by Gasteiger charge is 2.17. The molecule has 1 aromatic rings. The molecule has 4 nitrogen and oxygen atoms in total. The maximum atomic E-state index is 5.88. The lowest BCUT2D eigenvalue weighted by atomic mass is 9.97. The Morgan fingerprint density at radius 3 is 2.82 bits per heavy atom. The summed E-state index contributed by atoms with van der Waals surface area (Å²) in [5.74, 6) is 1.63. The fraction of sp³-hybridized carbons (Fsp3) is 0.667. The van der Waals surface area contributed by atoms with Crippen molar-refractivity contribution in [3.05, 3.63) is 17.5 Å². The first-order valence-corrected chi connectivity index (χ1v) is 6.60. The summed E-state index contributed by atoms with van der Waals surface area (Å²) in [6.07, 6.45) is 5.84. The van der Waals surface area contributed by atoms with Gasteiger partial charge in [-0.2, -0.15) is 0 Å². The van der Waals surface area contributed by atoms with Crippen LogP contribution in [0.2, 0.25) is 5.15 Å². The number of piperidine rings is 1. The standard InChI is InChI=1S/C12H19ClN4/c1-2-17(9-10-3-5-14-6-4-10)12-8-15-7-11(13)16-12/h7-8,10,14H,2-6,9H2,1H3. The van der Waals surface area contributed by atoms with Crippen LogP contribution in [0.4, 0.5) is 5.82 Å². The Morgan fingerprint density at radius 1 is 1.41 bits per heavy atom. The lowest BCUT2D eigenvalue weighted by Crippen LogP contribution is -2.36. The van der Waals surface area contributed by atoms with Crippen LogP contribution in [0.5, 0.6) is 0 Å². The van der Waals surface area contributed by atoms with Crippen molar-refractivity contribution in [2.45, 2.75) is 19.8 Å². The van der Waals surface area contributed by atoms with E-state index in [0.29, 0.717) is 5.15 Å². The fourth-order valence-electron chi connectivity index (χ4n) is 2.25. The number of nitrogens with one attached hydrogen (secondary N) is 1. The predicted molar refractivity (Wildman–Crippen MR) is 70.5 cm³/mol. The summed E-state index contributed by atoms with van der Waals surface area (Å²) in [7, 11) is 0. The lowest BCUT2D eigenvalue weighted by Gasteiger charge is -2.29. The molecule has 1 N–H and O–H groups in total. The van der Waals surface area contributed by atoms with Crippen molar-refractivity contribution < 1.29 is 0 Å². The highest BCUT2D eigenvalue weighted by atomic mass is 35.5. The monoisotopic (exact) mass is 254 g/mol. The Bertz CT molecular complexity index is 352. The van der Waals surface area contributed by atoms with E-state index in [-0.39, 0.29) is 0 Å². The zero-order chi connectivity index (χ0) is 12.1. The summed E-state index contributed by atoms with van der Waals surface area (Å²) in [5.41, 5.74) is 0. The second-order valence-electron chi connectivity index (χ2n) is 4.43. The van der Waals surface area contributed by atoms with Crippen LogP contribution in [0.1, 0.15) is 19.8 Å². The van der Waals surface area contributed by atoms with Gasteiger partial charge in [-0.25, -0.2) is 4.98 Å². The molecular weight excluding hydrogens is 236 g/mol. The van der Waals surface area contributed by atoms with E-state index in [1.807, 2.05) is 0 Å². The molecule has 94 valence electrons. The minimum Gasteiger partial charge on any atom is -0.355 e. The zero-order valence-electron chi connectivity index (χ0n) is 10.2. The first kappa shape index (κ1) is 12.6. The molecular formula is C12H19ClN4. The molecule has 0 aliphatic carbocycles. The van der Waals surface area contributed by atoms with Gasteiger partial charge in [0.05, 0.1) is 12.4 Å². The molecule has 17 heavy (non-hydrogen) atoms. The van der Waals surface area contributed by atoms with E-state index in [4.69, 9.17) is 11.6 Å². The molecule has 0 radical (unpaired) electrons. The molecule has 2 heterocycles. The minimum absolute atomic E-state index is 0.464. The SMILES string of the molecule is CCN(CC1CCNCC1)c1cncc(Cl)n1. The normalized spacial score (nSPS) is 17.1. The summed E-state index contributed by atoms with van der Waals surface area (Å²) >= 11 is 5.88. The lowest BCUT2D eigenvalue weighted by molar-refractivity contribution is 0.374. The number of hydrogen-bond acceptors (Lipinski definition) is 4. The van der Waals surface area contributed by atoms with Gasteiger partial charge in [-0.15, -0.1) is 0 Å². The average Bonchev–Trinajstić information content (AvgIpc) is 2.37. The van der Waals surface area contributed by atoms with E-state index in [9.17, 15) is 0 Å². The molecule has 2 rings (SSSR count). The summed E-state index contributed by atoms with van der Waals surface area (Å²) in [4.78, 5) is 10.7. The molecule has 1 fully saturated rings. The number of nitrogens with zero attached hydrogens (tertiary/aromatic N) is 3. The topological polar surface area (TPSA) is 41.0 Å². The van der Waals surface area contributed by atoms with Crippen molar-refractivity contribution in [1.82, 2.24) is 15.3 Å². The Labute approximate surface area is 107 Å². The number of halogens is 1. The van der Waals surface area contributed by atoms with Gasteiger partial charge in [0.15, 0.2) is 0 Å². The molecule has 1 aliphatic rings. The number of hydrogen-bond donors (Lipinski definition) is 1. The van der Waals surface area contributed by atoms with Gasteiger partial charge in [0.25, 0.3) is 0 Å². The zero-order valence-corrected chi connectivity index (χ0v) is 11.0. The van der Waals surface area contributed by atoms with Crippen molar-refractivity contribution in [2.75, 3.05) is 31.1 Å². The maximum Gasteiger partial charge on any atom is 0.149 e. The molecule has 1 aliphatic heterocycles. The summed E-state index contributed by atoms with van der Waals surface area (Å²) in [5, 5.41) is 3.85. The highest BCUT2D eigenvalue weighted by Crippen LogP contribution is 2.18. The van der Waals surface area contributed by atoms with Crippen molar-refractivity contribution in [1.29, 1.82) is 0 Å². The van der Waals surface area contributed by atoms with Gasteiger partial charge in [-0.3, -0.25) is 4.98 Å². The Hall–Kier alpha value is -0.870. The van der Waals surface area contributed by atoms with Gasteiger partial charge < -0.3 is 10.2 Å². The van der Waals surface area contributed by atoms with Crippen molar-refractivity contribution in [3.63, 3.8) is 0 Å². The maximum absolute atomic E-state index is 5.88. The highest BCUT2D eigenvalue weighted by molar-refractivity contribution is 6.29. The van der Waals surface area contributed by atoms with E-state index in [1.54, 1.807) is 12.4 Å². The van der Waals surface area contributed by atoms with Crippen LogP contribution >= 0.6 is 11.6 Å². The molecule has 0 amide bonds. The van der Waals surface area contributed by atoms with E-state index >= 15 is 0 Å². The Morgan fingerprint density at radius 2 is 2.18 bits per heavy atom. The van der Waals surface area contributed by atoms with E-state index in [2.05, 4.69) is 27.1 Å². The third kappa shape index (κ3) is 3.54. The van der Waals surface area contributed by atoms with E-state index < -0.39 is 0 Å². The van der Waals surface area contributed by atoms with E-state index in [0.717, 1.165) is 37.9 Å². The molecule has 0 atom stereocenters. The van der Waals surface area contributed by atoms with Gasteiger partial charge in [0.2, 0.25) is 0 Å². The quantitative estimate of drug-likeness (QED) is 0.892. The van der Waals surface area contributed by atoms with Gasteiger partial charge >= 0.3 is 0 Å². The van der Waals surface area contributed by atoms with Crippen molar-refractivity contribution in [3.8, 4) is 0 Å². The molecule has 0 spiro atoms. The second kappa shape index (κ2) is 6.17. The van der Waals surface area contributed by atoms with Crippen LogP contribution in [0, 0.1) is 5.92 Å². The first-order valence-electron chi connectivity index (χ1n) is 6.22. The van der Waals surface area contributed by atoms with Gasteiger partial charge in [-0.05, 0) is 38.8 Å². The van der Waals surface area contributed by atoms with E-state index in [1.165, 1.54) is 12.8 Å². The van der Waals surface area contributed by atoms with Gasteiger partial charge in [-0.1, -0.05) is 11.6 Å². The number of anilines is 1. The molecule has 5 heteroatoms. The van der Waals surface area contributed by atoms with Crippen LogP contribution in [0.3, 0.4) is 0 Å². The Balaban J connectivity index is 2.00. The molecule has 0 aromatic carbocycles. The molecule has 0 unspecified atom stereocenters. The van der Waals surface area contributed by atoms with Crippen molar-refractivity contribution >= 4 is 17.4 Å². The second-order valence-corrected chi connectivity index (χ2v) is 4.82. The van der Waals surface area contributed by atoms with Crippen molar-refractivity contribution in [2.24, 2.45) is 5.92 Å². The van der Waals surface area contributed by atoms with Crippen LogP contribution in [0.25, 0.3) is 0 Å². The van der Waals surface area contributed by atoms with Gasteiger partial charge in [0.1, 0.15) is 11.0 Å². The molecule has 1 aromatic heterocycles. The first-order chi connectivity index (χ1) is 8.29. The van der Waals surface area contributed by atoms with Crippen LogP contribution in [-0.2, 0) is 0 Å². The largest absolute Gasteiger partial charge is 0.355 e. The predicted octanol–water partition coefficient (Wildman–Crippen LogP) is 1.96. The fourth-order valence-corrected chi connectivity index (χ4v) is 2.39. The third-order valence-corrected chi connectivity index (χ3v) is 3.42. The minimum atomic E-state index is 0.464. The smallest absolute Gasteiger partial charge is 0.149 e. The van der Waals surface area contributed by atoms with Crippen LogP contribution in [-0.4, -0.2) is 36.1 Å². The summed E-state index contributed by atoms with van der Waals surface area (Å²) in [6, 6.07) is 0.